The number of nitrogens with one attached hydrogen (secondary N) is 1. The summed E-state index contributed by atoms with van der Waals surface area (Å²) in [6, 6.07) is 4.34. The summed E-state index contributed by atoms with van der Waals surface area (Å²) in [5, 5.41) is 9.76. The van der Waals surface area contributed by atoms with E-state index < -0.39 is 0 Å². The van der Waals surface area contributed by atoms with Gasteiger partial charge in [0.2, 0.25) is 5.91 Å². The van der Waals surface area contributed by atoms with Crippen molar-refractivity contribution in [2.75, 3.05) is 39.9 Å². The second-order valence-electron chi connectivity index (χ2n) is 8.45. The van der Waals surface area contributed by atoms with E-state index in [1.807, 2.05) is 27.1 Å². The van der Waals surface area contributed by atoms with Gasteiger partial charge in [-0.15, -0.1) is 11.3 Å². The molecule has 0 saturated carbocycles. The van der Waals surface area contributed by atoms with Crippen molar-refractivity contribution in [2.45, 2.75) is 51.7 Å². The highest BCUT2D eigenvalue weighted by Crippen LogP contribution is 2.24. The summed E-state index contributed by atoms with van der Waals surface area (Å²) in [7, 11) is 1.66. The first kappa shape index (κ1) is 22.9. The van der Waals surface area contributed by atoms with Crippen LogP contribution in [0.1, 0.15) is 46.4 Å². The topological polar surface area (TPSA) is 79.7 Å². The smallest absolute Gasteiger partial charge is 0.272 e. The van der Waals surface area contributed by atoms with E-state index in [0.717, 1.165) is 35.6 Å². The first-order chi connectivity index (χ1) is 15.6. The molecule has 1 atom stereocenters. The van der Waals surface area contributed by atoms with Crippen molar-refractivity contribution in [1.29, 1.82) is 0 Å². The Morgan fingerprint density at radius 3 is 2.97 bits per heavy atom. The van der Waals surface area contributed by atoms with Crippen LogP contribution in [0.2, 0.25) is 0 Å². The van der Waals surface area contributed by atoms with Crippen molar-refractivity contribution < 1.29 is 14.3 Å². The molecule has 1 unspecified atom stereocenters. The standard InChI is InChI=1S/C23H33N5O3S/c1-3-26-9-4-6-17(26)15-24-23(30)22-19-16-27(21(29)14-18-7-5-13-32-18)10-8-20(19)28(25-22)11-12-31-2/h5,7,13,17H,3-4,6,8-12,14-16H2,1-2H3,(H,24,30). The van der Waals surface area contributed by atoms with Crippen molar-refractivity contribution in [3.63, 3.8) is 0 Å². The third-order valence-electron chi connectivity index (χ3n) is 6.52. The Balaban J connectivity index is 1.49. The first-order valence-electron chi connectivity index (χ1n) is 11.5. The highest BCUT2D eigenvalue weighted by molar-refractivity contribution is 7.10. The maximum absolute atomic E-state index is 13.1. The molecule has 1 saturated heterocycles. The highest BCUT2D eigenvalue weighted by atomic mass is 32.1. The van der Waals surface area contributed by atoms with Crippen LogP contribution in [0.25, 0.3) is 0 Å². The lowest BCUT2D eigenvalue weighted by atomic mass is 10.0. The zero-order valence-electron chi connectivity index (χ0n) is 19.0. The van der Waals surface area contributed by atoms with Gasteiger partial charge < -0.3 is 15.0 Å². The molecule has 8 nitrogen and oxygen atoms in total. The van der Waals surface area contributed by atoms with E-state index in [0.29, 0.717) is 57.4 Å². The van der Waals surface area contributed by atoms with Gasteiger partial charge in [-0.1, -0.05) is 13.0 Å². The van der Waals surface area contributed by atoms with Gasteiger partial charge in [-0.3, -0.25) is 19.2 Å². The normalized spacial score (nSPS) is 18.7. The average molecular weight is 460 g/mol. The van der Waals surface area contributed by atoms with Gasteiger partial charge >= 0.3 is 0 Å². The molecule has 4 rings (SSSR count). The minimum absolute atomic E-state index is 0.0960. The van der Waals surface area contributed by atoms with E-state index in [1.165, 1.54) is 6.42 Å². The van der Waals surface area contributed by atoms with E-state index in [9.17, 15) is 9.59 Å². The molecule has 0 bridgehead atoms. The quantitative estimate of drug-likeness (QED) is 0.620. The second-order valence-corrected chi connectivity index (χ2v) is 9.48. The molecule has 0 spiro atoms. The van der Waals surface area contributed by atoms with Gasteiger partial charge in [0.05, 0.1) is 19.6 Å². The van der Waals surface area contributed by atoms with Gasteiger partial charge in [-0.2, -0.15) is 5.10 Å². The zero-order valence-corrected chi connectivity index (χ0v) is 19.8. The largest absolute Gasteiger partial charge is 0.383 e. The van der Waals surface area contributed by atoms with Crippen LogP contribution in [0, 0.1) is 0 Å². The third-order valence-corrected chi connectivity index (χ3v) is 7.39. The fraction of sp³-hybridized carbons (Fsp3) is 0.609. The minimum Gasteiger partial charge on any atom is -0.383 e. The molecule has 2 aromatic heterocycles. The molecule has 1 fully saturated rings. The predicted octanol–water partition coefficient (Wildman–Crippen LogP) is 1.93. The maximum atomic E-state index is 13.1. The fourth-order valence-electron chi connectivity index (χ4n) is 4.76. The molecule has 0 aliphatic carbocycles. The van der Waals surface area contributed by atoms with Gasteiger partial charge in [0.1, 0.15) is 0 Å². The molecule has 1 N–H and O–H groups in total. The SMILES string of the molecule is CCN1CCCC1CNC(=O)c1nn(CCOC)c2c1CN(C(=O)Cc1cccs1)CC2. The third kappa shape index (κ3) is 5.05. The maximum Gasteiger partial charge on any atom is 0.272 e. The molecule has 2 aliphatic rings. The molecule has 0 aromatic carbocycles. The van der Waals surface area contributed by atoms with Crippen molar-refractivity contribution >= 4 is 23.2 Å². The van der Waals surface area contributed by atoms with Crippen LogP contribution < -0.4 is 5.32 Å². The van der Waals surface area contributed by atoms with Crippen molar-refractivity contribution in [1.82, 2.24) is 24.9 Å². The van der Waals surface area contributed by atoms with Crippen molar-refractivity contribution in [2.24, 2.45) is 0 Å². The second kappa shape index (κ2) is 10.6. The molecule has 32 heavy (non-hydrogen) atoms. The summed E-state index contributed by atoms with van der Waals surface area (Å²) < 4.78 is 7.13. The zero-order chi connectivity index (χ0) is 22.5. The van der Waals surface area contributed by atoms with Gasteiger partial charge in [0.25, 0.3) is 5.91 Å². The van der Waals surface area contributed by atoms with Crippen LogP contribution in [0.3, 0.4) is 0 Å². The molecular formula is C23H33N5O3S. The van der Waals surface area contributed by atoms with Gasteiger partial charge in [0, 0.05) is 55.3 Å². The number of hydrogen-bond acceptors (Lipinski definition) is 6. The number of fused-ring (bicyclic) bond motifs is 1. The van der Waals surface area contributed by atoms with Crippen molar-refractivity contribution in [3.8, 4) is 0 Å². The van der Waals surface area contributed by atoms with E-state index in [1.54, 1.807) is 18.4 Å². The van der Waals surface area contributed by atoms with E-state index in [2.05, 4.69) is 22.2 Å². The Hall–Kier alpha value is -2.23. The number of amides is 2. The summed E-state index contributed by atoms with van der Waals surface area (Å²) in [4.78, 5) is 31.4. The van der Waals surface area contributed by atoms with Crippen LogP contribution in [-0.2, 0) is 35.5 Å². The molecule has 2 amide bonds. The average Bonchev–Trinajstić information content (AvgIpc) is 3.55. The number of thiophene rings is 1. The molecular weight excluding hydrogens is 426 g/mol. The van der Waals surface area contributed by atoms with E-state index >= 15 is 0 Å². The summed E-state index contributed by atoms with van der Waals surface area (Å²) >= 11 is 1.60. The van der Waals surface area contributed by atoms with Gasteiger partial charge in [-0.25, -0.2) is 0 Å². The molecule has 4 heterocycles. The Morgan fingerprint density at radius 2 is 2.22 bits per heavy atom. The lowest BCUT2D eigenvalue weighted by molar-refractivity contribution is -0.131. The number of carbonyl (C=O) groups is 2. The van der Waals surface area contributed by atoms with E-state index in [4.69, 9.17) is 4.74 Å². The molecule has 2 aromatic rings. The fourth-order valence-corrected chi connectivity index (χ4v) is 5.46. The van der Waals surface area contributed by atoms with E-state index in [-0.39, 0.29) is 11.8 Å². The molecule has 2 aliphatic heterocycles. The van der Waals surface area contributed by atoms with Crippen LogP contribution in [0.4, 0.5) is 0 Å². The summed E-state index contributed by atoms with van der Waals surface area (Å²) in [6.07, 6.45) is 3.39. The lowest BCUT2D eigenvalue weighted by Gasteiger charge is -2.28. The number of likely N-dealkylation sites (tertiary alicyclic amines) is 1. The van der Waals surface area contributed by atoms with Crippen LogP contribution in [0.5, 0.6) is 0 Å². The molecule has 0 radical (unpaired) electrons. The summed E-state index contributed by atoms with van der Waals surface area (Å²) in [6.45, 7) is 7.10. The monoisotopic (exact) mass is 459 g/mol. The summed E-state index contributed by atoms with van der Waals surface area (Å²) in [5.74, 6) is -0.0495. The highest BCUT2D eigenvalue weighted by Gasteiger charge is 2.31. The molecule has 9 heteroatoms. The van der Waals surface area contributed by atoms with Crippen molar-refractivity contribution in [3.05, 3.63) is 39.3 Å². The van der Waals surface area contributed by atoms with Crippen LogP contribution in [0.15, 0.2) is 17.5 Å². The number of likely N-dealkylation sites (N-methyl/N-ethyl adjacent to an activating group) is 1. The Morgan fingerprint density at radius 1 is 1.34 bits per heavy atom. The number of methoxy groups -OCH3 is 1. The number of rotatable bonds is 9. The number of nitrogens with zero attached hydrogens (tertiary/aromatic N) is 4. The van der Waals surface area contributed by atoms with Crippen LogP contribution in [-0.4, -0.2) is 77.3 Å². The molecule has 174 valence electrons. The Kier molecular flexibility index (Phi) is 7.59. The number of hydrogen-bond donors (Lipinski definition) is 1. The predicted molar refractivity (Wildman–Crippen MR) is 124 cm³/mol. The summed E-state index contributed by atoms with van der Waals surface area (Å²) in [5.41, 5.74) is 2.37. The number of aromatic nitrogens is 2. The number of carbonyl (C=O) groups excluding carboxylic acids is 2. The first-order valence-corrected chi connectivity index (χ1v) is 12.4. The van der Waals surface area contributed by atoms with Gasteiger partial charge in [0.15, 0.2) is 5.69 Å². The number of ether oxygens (including phenoxy) is 1. The van der Waals surface area contributed by atoms with Gasteiger partial charge in [-0.05, 0) is 37.4 Å². The minimum atomic E-state index is -0.145. The Bertz CT molecular complexity index is 926. The lowest BCUT2D eigenvalue weighted by Crippen LogP contribution is -2.41. The Labute approximate surface area is 193 Å². The van der Waals surface area contributed by atoms with Crippen LogP contribution >= 0.6 is 11.3 Å².